The molecule has 0 aliphatic carbocycles. The summed E-state index contributed by atoms with van der Waals surface area (Å²) in [4.78, 5) is 12.3. The molecule has 8 heteroatoms. The highest BCUT2D eigenvalue weighted by atomic mass is 35.5. The van der Waals surface area contributed by atoms with Crippen LogP contribution in [-0.2, 0) is 13.7 Å². The quantitative estimate of drug-likeness (QED) is 0.756. The predicted molar refractivity (Wildman–Crippen MR) is 90.4 cm³/mol. The Morgan fingerprint density at radius 1 is 1.44 bits per heavy atom. The average molecular weight is 357 g/mol. The summed E-state index contributed by atoms with van der Waals surface area (Å²) in [6.45, 7) is 0.156. The molecule has 1 amide bonds. The first kappa shape index (κ1) is 16.6. The molecule has 2 heterocycles. The number of benzene rings is 1. The number of nitrogens with zero attached hydrogens (tertiary/aromatic N) is 3. The Kier molecular flexibility index (Phi) is 4.73. The van der Waals surface area contributed by atoms with E-state index >= 15 is 0 Å². The summed E-state index contributed by atoms with van der Waals surface area (Å²) < 4.78 is 12.4. The number of furan rings is 1. The molecular weight excluding hydrogens is 344 g/mol. The van der Waals surface area contributed by atoms with Gasteiger partial charge in [0.2, 0.25) is 0 Å². The van der Waals surface area contributed by atoms with Crippen LogP contribution in [0, 0.1) is 11.3 Å². The molecule has 1 N–H and O–H groups in total. The van der Waals surface area contributed by atoms with Crippen molar-refractivity contribution >= 4 is 23.3 Å². The zero-order chi connectivity index (χ0) is 17.8. The molecule has 7 nitrogen and oxygen atoms in total. The van der Waals surface area contributed by atoms with E-state index in [0.717, 1.165) is 0 Å². The van der Waals surface area contributed by atoms with E-state index in [-0.39, 0.29) is 17.9 Å². The minimum Gasteiger partial charge on any atom is -0.486 e. The highest BCUT2D eigenvalue weighted by Crippen LogP contribution is 2.20. The number of aryl methyl sites for hydroxylation is 1. The first-order valence-corrected chi connectivity index (χ1v) is 7.65. The standard InChI is InChI=1S/C17H13ClN4O3/c1-22-16(11(8-19)9-20-22)21-17(23)15-6-5-14(25-15)10-24-13-4-2-3-12(18)7-13/h2-7,9H,10H2,1H3,(H,21,23). The van der Waals surface area contributed by atoms with Crippen molar-refractivity contribution in [2.45, 2.75) is 6.61 Å². The summed E-state index contributed by atoms with van der Waals surface area (Å²) in [6, 6.07) is 12.1. The lowest BCUT2D eigenvalue weighted by molar-refractivity contribution is 0.0991. The summed E-state index contributed by atoms with van der Waals surface area (Å²) in [6.07, 6.45) is 1.38. The van der Waals surface area contributed by atoms with Crippen LogP contribution in [0.25, 0.3) is 0 Å². The van der Waals surface area contributed by atoms with Gasteiger partial charge in [0.05, 0.1) is 6.20 Å². The molecule has 0 fully saturated rings. The van der Waals surface area contributed by atoms with Gasteiger partial charge in [-0.05, 0) is 30.3 Å². The zero-order valence-electron chi connectivity index (χ0n) is 13.2. The van der Waals surface area contributed by atoms with Crippen molar-refractivity contribution in [3.05, 3.63) is 64.7 Å². The lowest BCUT2D eigenvalue weighted by atomic mass is 10.3. The van der Waals surface area contributed by atoms with Gasteiger partial charge in [-0.15, -0.1) is 0 Å². The van der Waals surface area contributed by atoms with Crippen molar-refractivity contribution in [3.8, 4) is 11.8 Å². The molecule has 0 saturated heterocycles. The van der Waals surface area contributed by atoms with Gasteiger partial charge < -0.3 is 14.5 Å². The second kappa shape index (κ2) is 7.11. The predicted octanol–water partition coefficient (Wildman–Crippen LogP) is 3.37. The summed E-state index contributed by atoms with van der Waals surface area (Å²) >= 11 is 5.89. The van der Waals surface area contributed by atoms with Crippen LogP contribution in [0.15, 0.2) is 47.0 Å². The maximum Gasteiger partial charge on any atom is 0.292 e. The molecule has 3 aromatic rings. The Morgan fingerprint density at radius 2 is 2.28 bits per heavy atom. The van der Waals surface area contributed by atoms with Crippen LogP contribution in [0.5, 0.6) is 5.75 Å². The third-order valence-electron chi connectivity index (χ3n) is 3.35. The number of rotatable bonds is 5. The molecule has 0 radical (unpaired) electrons. The zero-order valence-corrected chi connectivity index (χ0v) is 13.9. The Labute approximate surface area is 148 Å². The van der Waals surface area contributed by atoms with Crippen LogP contribution in [0.1, 0.15) is 21.9 Å². The van der Waals surface area contributed by atoms with E-state index in [0.29, 0.717) is 22.4 Å². The van der Waals surface area contributed by atoms with Gasteiger partial charge in [-0.2, -0.15) is 10.4 Å². The van der Waals surface area contributed by atoms with Crippen LogP contribution >= 0.6 is 11.6 Å². The first-order valence-electron chi connectivity index (χ1n) is 7.27. The van der Waals surface area contributed by atoms with Gasteiger partial charge in [-0.25, -0.2) is 0 Å². The lowest BCUT2D eigenvalue weighted by Gasteiger charge is -2.05. The Bertz CT molecular complexity index is 955. The van der Waals surface area contributed by atoms with E-state index in [1.807, 2.05) is 6.07 Å². The summed E-state index contributed by atoms with van der Waals surface area (Å²) in [7, 11) is 1.63. The van der Waals surface area contributed by atoms with Crippen LogP contribution in [-0.4, -0.2) is 15.7 Å². The molecule has 126 valence electrons. The Morgan fingerprint density at radius 3 is 3.04 bits per heavy atom. The van der Waals surface area contributed by atoms with E-state index < -0.39 is 5.91 Å². The number of amides is 1. The number of aromatic nitrogens is 2. The molecule has 0 spiro atoms. The Balaban J connectivity index is 1.65. The normalized spacial score (nSPS) is 10.3. The summed E-state index contributed by atoms with van der Waals surface area (Å²) in [5.74, 6) is 1.02. The number of hydrogen-bond acceptors (Lipinski definition) is 5. The molecule has 2 aromatic heterocycles. The van der Waals surface area contributed by atoms with Crippen LogP contribution in [0.4, 0.5) is 5.82 Å². The van der Waals surface area contributed by atoms with Crippen LogP contribution in [0.2, 0.25) is 5.02 Å². The fourth-order valence-corrected chi connectivity index (χ4v) is 2.31. The number of nitriles is 1. The van der Waals surface area contributed by atoms with E-state index in [2.05, 4.69) is 10.4 Å². The molecule has 0 bridgehead atoms. The number of carbonyl (C=O) groups excluding carboxylic acids is 1. The van der Waals surface area contributed by atoms with E-state index in [4.69, 9.17) is 26.0 Å². The number of anilines is 1. The first-order chi connectivity index (χ1) is 12.1. The third-order valence-corrected chi connectivity index (χ3v) is 3.59. The average Bonchev–Trinajstić information content (AvgIpc) is 3.21. The smallest absolute Gasteiger partial charge is 0.292 e. The van der Waals surface area contributed by atoms with Crippen molar-refractivity contribution in [2.75, 3.05) is 5.32 Å². The van der Waals surface area contributed by atoms with Crippen molar-refractivity contribution < 1.29 is 13.9 Å². The fourth-order valence-electron chi connectivity index (χ4n) is 2.13. The van der Waals surface area contributed by atoms with Crippen molar-refractivity contribution in [1.29, 1.82) is 5.26 Å². The van der Waals surface area contributed by atoms with E-state index in [1.54, 1.807) is 37.4 Å². The number of halogens is 1. The van der Waals surface area contributed by atoms with Crippen molar-refractivity contribution in [3.63, 3.8) is 0 Å². The topological polar surface area (TPSA) is 93.1 Å². The largest absolute Gasteiger partial charge is 0.486 e. The molecule has 3 rings (SSSR count). The number of ether oxygens (including phenoxy) is 1. The highest BCUT2D eigenvalue weighted by Gasteiger charge is 2.16. The lowest BCUT2D eigenvalue weighted by Crippen LogP contribution is -2.14. The molecule has 0 aliphatic rings. The second-order valence-electron chi connectivity index (χ2n) is 5.11. The van der Waals surface area contributed by atoms with Gasteiger partial charge in [0, 0.05) is 12.1 Å². The van der Waals surface area contributed by atoms with Crippen LogP contribution < -0.4 is 10.1 Å². The molecule has 0 aliphatic heterocycles. The maximum atomic E-state index is 12.3. The van der Waals surface area contributed by atoms with Gasteiger partial charge in [-0.1, -0.05) is 17.7 Å². The van der Waals surface area contributed by atoms with Crippen LogP contribution in [0.3, 0.4) is 0 Å². The number of nitrogens with one attached hydrogen (secondary N) is 1. The number of hydrogen-bond donors (Lipinski definition) is 1. The number of carbonyl (C=O) groups is 1. The summed E-state index contributed by atoms with van der Waals surface area (Å²) in [5, 5.41) is 16.1. The van der Waals surface area contributed by atoms with Gasteiger partial charge in [0.15, 0.2) is 5.76 Å². The molecule has 1 aromatic carbocycles. The highest BCUT2D eigenvalue weighted by molar-refractivity contribution is 6.30. The van der Waals surface area contributed by atoms with E-state index in [9.17, 15) is 4.79 Å². The molecule has 0 unspecified atom stereocenters. The maximum absolute atomic E-state index is 12.3. The van der Waals surface area contributed by atoms with Gasteiger partial charge in [-0.3, -0.25) is 9.48 Å². The molecule has 0 atom stereocenters. The van der Waals surface area contributed by atoms with Crippen molar-refractivity contribution in [2.24, 2.45) is 7.05 Å². The minimum absolute atomic E-state index is 0.106. The van der Waals surface area contributed by atoms with Crippen molar-refractivity contribution in [1.82, 2.24) is 9.78 Å². The van der Waals surface area contributed by atoms with Gasteiger partial charge in [0.25, 0.3) is 5.91 Å². The SMILES string of the molecule is Cn1ncc(C#N)c1NC(=O)c1ccc(COc2cccc(Cl)c2)o1. The van der Waals surface area contributed by atoms with Gasteiger partial charge in [0.1, 0.15) is 35.6 Å². The van der Waals surface area contributed by atoms with Gasteiger partial charge >= 0.3 is 0 Å². The molecule has 0 saturated carbocycles. The fraction of sp³-hybridized carbons (Fsp3) is 0.118. The van der Waals surface area contributed by atoms with E-state index in [1.165, 1.54) is 16.9 Å². The second-order valence-corrected chi connectivity index (χ2v) is 5.54. The molecular formula is C17H13ClN4O3. The monoisotopic (exact) mass is 356 g/mol. The Hall–Kier alpha value is -3.24. The summed E-state index contributed by atoms with van der Waals surface area (Å²) in [5.41, 5.74) is 0.270. The third kappa shape index (κ3) is 3.82. The minimum atomic E-state index is -0.478. The molecule has 25 heavy (non-hydrogen) atoms.